The van der Waals surface area contributed by atoms with Gasteiger partial charge in [-0.05, 0) is 48.4 Å². The van der Waals surface area contributed by atoms with Gasteiger partial charge in [-0.1, -0.05) is 25.8 Å². The molecule has 1 aromatic rings. The lowest BCUT2D eigenvalue weighted by Gasteiger charge is -2.38. The molecule has 0 aromatic heterocycles. The highest BCUT2D eigenvalue weighted by molar-refractivity contribution is 5.91. The Morgan fingerprint density at radius 2 is 1.86 bits per heavy atom. The van der Waals surface area contributed by atoms with E-state index in [9.17, 15) is 14.4 Å². The van der Waals surface area contributed by atoms with E-state index in [1.807, 2.05) is 25.1 Å². The van der Waals surface area contributed by atoms with Gasteiger partial charge >= 0.3 is 0 Å². The molecule has 1 saturated carbocycles. The SMILES string of the molecule is CCCC(=O)Nc1ccc2c(c1)CN(C(=O)CC1CCCC1)[C@@H](C(=O)N(C)C)C2. The molecule has 158 valence electrons. The van der Waals surface area contributed by atoms with Crippen LogP contribution in [0.25, 0.3) is 0 Å². The summed E-state index contributed by atoms with van der Waals surface area (Å²) in [6, 6.07) is 5.37. The highest BCUT2D eigenvalue weighted by Gasteiger charge is 2.36. The van der Waals surface area contributed by atoms with Crippen LogP contribution in [0, 0.1) is 5.92 Å². The average Bonchev–Trinajstić information content (AvgIpc) is 3.19. The summed E-state index contributed by atoms with van der Waals surface area (Å²) in [5, 5.41) is 2.93. The van der Waals surface area contributed by atoms with Gasteiger partial charge in [-0.15, -0.1) is 0 Å². The molecule has 3 amide bonds. The molecular formula is C23H33N3O3. The van der Waals surface area contributed by atoms with Crippen molar-refractivity contribution in [3.63, 3.8) is 0 Å². The van der Waals surface area contributed by atoms with E-state index in [-0.39, 0.29) is 17.7 Å². The van der Waals surface area contributed by atoms with Gasteiger partial charge in [0.1, 0.15) is 6.04 Å². The number of carbonyl (C=O) groups excluding carboxylic acids is 3. The summed E-state index contributed by atoms with van der Waals surface area (Å²) in [6.07, 6.45) is 6.94. The van der Waals surface area contributed by atoms with Crippen molar-refractivity contribution < 1.29 is 14.4 Å². The summed E-state index contributed by atoms with van der Waals surface area (Å²) in [5.74, 6) is 0.482. The van der Waals surface area contributed by atoms with E-state index in [1.165, 1.54) is 12.8 Å². The molecule has 1 fully saturated rings. The van der Waals surface area contributed by atoms with Crippen LogP contribution in [0.1, 0.15) is 63.0 Å². The number of anilines is 1. The Kier molecular flexibility index (Phi) is 6.93. The average molecular weight is 400 g/mol. The maximum Gasteiger partial charge on any atom is 0.245 e. The van der Waals surface area contributed by atoms with Crippen molar-refractivity contribution in [1.82, 2.24) is 9.80 Å². The summed E-state index contributed by atoms with van der Waals surface area (Å²) in [4.78, 5) is 41.2. The van der Waals surface area contributed by atoms with Crippen LogP contribution in [0.15, 0.2) is 18.2 Å². The van der Waals surface area contributed by atoms with E-state index in [0.717, 1.165) is 36.1 Å². The number of amides is 3. The van der Waals surface area contributed by atoms with Gasteiger partial charge in [0.15, 0.2) is 0 Å². The Balaban J connectivity index is 1.81. The van der Waals surface area contributed by atoms with Crippen LogP contribution >= 0.6 is 0 Å². The number of benzene rings is 1. The van der Waals surface area contributed by atoms with E-state index in [2.05, 4.69) is 5.32 Å². The molecule has 3 rings (SSSR count). The summed E-state index contributed by atoms with van der Waals surface area (Å²) in [6.45, 7) is 2.39. The van der Waals surface area contributed by atoms with Crippen LogP contribution in [-0.4, -0.2) is 47.7 Å². The van der Waals surface area contributed by atoms with Crippen molar-refractivity contribution in [1.29, 1.82) is 0 Å². The van der Waals surface area contributed by atoms with Crippen LogP contribution in [0.2, 0.25) is 0 Å². The van der Waals surface area contributed by atoms with Gasteiger partial charge < -0.3 is 15.1 Å². The lowest BCUT2D eigenvalue weighted by atomic mass is 9.91. The van der Waals surface area contributed by atoms with Gasteiger partial charge in [-0.3, -0.25) is 14.4 Å². The quantitative estimate of drug-likeness (QED) is 0.798. The molecule has 0 spiro atoms. The van der Waals surface area contributed by atoms with E-state index in [1.54, 1.807) is 23.9 Å². The fraction of sp³-hybridized carbons (Fsp3) is 0.609. The number of fused-ring (bicyclic) bond motifs is 1. The second kappa shape index (κ2) is 9.42. The number of likely N-dealkylation sites (N-methyl/N-ethyl adjacent to an activating group) is 1. The number of nitrogens with one attached hydrogen (secondary N) is 1. The summed E-state index contributed by atoms with van der Waals surface area (Å²) < 4.78 is 0. The first kappa shape index (κ1) is 21.3. The van der Waals surface area contributed by atoms with Gasteiger partial charge in [-0.25, -0.2) is 0 Å². The highest BCUT2D eigenvalue weighted by Crippen LogP contribution is 2.31. The summed E-state index contributed by atoms with van der Waals surface area (Å²) in [5.41, 5.74) is 2.84. The number of hydrogen-bond acceptors (Lipinski definition) is 3. The molecule has 6 nitrogen and oxygen atoms in total. The van der Waals surface area contributed by atoms with Crippen LogP contribution in [0.5, 0.6) is 0 Å². The second-order valence-corrected chi connectivity index (χ2v) is 8.61. The highest BCUT2D eigenvalue weighted by atomic mass is 16.2. The lowest BCUT2D eigenvalue weighted by molar-refractivity contribution is -0.146. The molecule has 1 heterocycles. The normalized spacial score (nSPS) is 19.0. The summed E-state index contributed by atoms with van der Waals surface area (Å²) in [7, 11) is 3.48. The largest absolute Gasteiger partial charge is 0.347 e. The number of carbonyl (C=O) groups is 3. The van der Waals surface area contributed by atoms with Crippen molar-refractivity contribution >= 4 is 23.4 Å². The summed E-state index contributed by atoms with van der Waals surface area (Å²) >= 11 is 0. The van der Waals surface area contributed by atoms with Crippen LogP contribution in [0.4, 0.5) is 5.69 Å². The zero-order valence-corrected chi connectivity index (χ0v) is 17.9. The van der Waals surface area contributed by atoms with Crippen molar-refractivity contribution in [2.45, 2.75) is 70.9 Å². The number of rotatable bonds is 6. The zero-order chi connectivity index (χ0) is 21.0. The Labute approximate surface area is 173 Å². The van der Waals surface area contributed by atoms with Crippen molar-refractivity contribution in [3.05, 3.63) is 29.3 Å². The molecule has 1 aliphatic heterocycles. The maximum absolute atomic E-state index is 13.1. The molecular weight excluding hydrogens is 366 g/mol. The second-order valence-electron chi connectivity index (χ2n) is 8.61. The van der Waals surface area contributed by atoms with Gasteiger partial charge in [0.2, 0.25) is 17.7 Å². The lowest BCUT2D eigenvalue weighted by Crippen LogP contribution is -2.52. The third-order valence-corrected chi connectivity index (χ3v) is 6.08. The molecule has 0 unspecified atom stereocenters. The number of nitrogens with zero attached hydrogens (tertiary/aromatic N) is 2. The molecule has 2 aliphatic rings. The van der Waals surface area contributed by atoms with Crippen LogP contribution < -0.4 is 5.32 Å². The molecule has 6 heteroatoms. The molecule has 1 aromatic carbocycles. The first-order chi connectivity index (χ1) is 13.9. The third kappa shape index (κ3) is 5.17. The predicted molar refractivity (Wildman–Crippen MR) is 113 cm³/mol. The van der Waals surface area contributed by atoms with Gasteiger partial charge in [0.05, 0.1) is 0 Å². The maximum atomic E-state index is 13.1. The number of hydrogen-bond donors (Lipinski definition) is 1. The van der Waals surface area contributed by atoms with Crippen molar-refractivity contribution in [2.24, 2.45) is 5.92 Å². The van der Waals surface area contributed by atoms with Crippen molar-refractivity contribution in [2.75, 3.05) is 19.4 Å². The monoisotopic (exact) mass is 399 g/mol. The minimum absolute atomic E-state index is 0.00177. The molecule has 1 N–H and O–H groups in total. The Bertz CT molecular complexity index is 769. The molecule has 1 atom stereocenters. The minimum Gasteiger partial charge on any atom is -0.347 e. The van der Waals surface area contributed by atoms with E-state index >= 15 is 0 Å². The Morgan fingerprint density at radius 1 is 1.14 bits per heavy atom. The smallest absolute Gasteiger partial charge is 0.245 e. The minimum atomic E-state index is -0.452. The fourth-order valence-corrected chi connectivity index (χ4v) is 4.47. The Morgan fingerprint density at radius 3 is 2.52 bits per heavy atom. The fourth-order valence-electron chi connectivity index (χ4n) is 4.47. The first-order valence-electron chi connectivity index (χ1n) is 10.8. The Hall–Kier alpha value is -2.37. The molecule has 0 radical (unpaired) electrons. The predicted octanol–water partition coefficient (Wildman–Crippen LogP) is 3.35. The molecule has 0 bridgehead atoms. The molecule has 0 saturated heterocycles. The topological polar surface area (TPSA) is 69.7 Å². The molecule has 1 aliphatic carbocycles. The molecule has 29 heavy (non-hydrogen) atoms. The van der Waals surface area contributed by atoms with Crippen molar-refractivity contribution in [3.8, 4) is 0 Å². The van der Waals surface area contributed by atoms with E-state index in [0.29, 0.717) is 31.7 Å². The third-order valence-electron chi connectivity index (χ3n) is 6.08. The van der Waals surface area contributed by atoms with E-state index in [4.69, 9.17) is 0 Å². The van der Waals surface area contributed by atoms with Gasteiger partial charge in [0.25, 0.3) is 0 Å². The zero-order valence-electron chi connectivity index (χ0n) is 17.9. The van der Waals surface area contributed by atoms with E-state index < -0.39 is 6.04 Å². The van der Waals surface area contributed by atoms with Crippen LogP contribution in [0.3, 0.4) is 0 Å². The first-order valence-corrected chi connectivity index (χ1v) is 10.8. The van der Waals surface area contributed by atoms with Crippen LogP contribution in [-0.2, 0) is 27.3 Å². The standard InChI is InChI=1S/C23H33N3O3/c1-4-7-21(27)24-19-11-10-17-14-20(23(29)25(2)3)26(15-18(17)13-19)22(28)12-16-8-5-6-9-16/h10-11,13,16,20H,4-9,12,14-15H2,1-3H3,(H,24,27)/t20-/m1/s1. The van der Waals surface area contributed by atoms with Gasteiger partial charge in [-0.2, -0.15) is 0 Å². The van der Waals surface area contributed by atoms with Gasteiger partial charge in [0, 0.05) is 45.6 Å².